The second-order valence-electron chi connectivity index (χ2n) is 5.09. The van der Waals surface area contributed by atoms with Crippen LogP contribution in [-0.2, 0) is 14.3 Å². The van der Waals surface area contributed by atoms with Crippen LogP contribution in [0.2, 0.25) is 0 Å². The fourth-order valence-corrected chi connectivity index (χ4v) is 3.20. The molecule has 0 N–H and O–H groups in total. The highest BCUT2D eigenvalue weighted by atomic mass is 32.2. The van der Waals surface area contributed by atoms with Gasteiger partial charge in [0.25, 0.3) is 11.1 Å². The Kier molecular flexibility index (Phi) is 6.08. The van der Waals surface area contributed by atoms with Gasteiger partial charge in [-0.1, -0.05) is 6.07 Å². The monoisotopic (exact) mass is 365 g/mol. The van der Waals surface area contributed by atoms with Crippen molar-refractivity contribution in [2.75, 3.05) is 20.8 Å². The number of imide groups is 1. The van der Waals surface area contributed by atoms with E-state index >= 15 is 0 Å². The molecule has 0 bridgehead atoms. The minimum atomic E-state index is -0.974. The first kappa shape index (κ1) is 18.9. The van der Waals surface area contributed by atoms with E-state index in [9.17, 15) is 14.4 Å². The second-order valence-corrected chi connectivity index (χ2v) is 6.09. The second kappa shape index (κ2) is 8.06. The number of nitrogens with zero attached hydrogens (tertiary/aromatic N) is 1. The Hall–Kier alpha value is -2.48. The summed E-state index contributed by atoms with van der Waals surface area (Å²) >= 11 is 0.779. The molecule has 134 valence electrons. The molecule has 25 heavy (non-hydrogen) atoms. The zero-order valence-electron chi connectivity index (χ0n) is 14.4. The van der Waals surface area contributed by atoms with E-state index < -0.39 is 23.2 Å². The summed E-state index contributed by atoms with van der Waals surface area (Å²) in [4.78, 5) is 37.3. The number of amides is 2. The van der Waals surface area contributed by atoms with E-state index in [0.717, 1.165) is 16.7 Å². The lowest BCUT2D eigenvalue weighted by Gasteiger charge is -2.18. The number of thioether (sulfide) groups is 1. The molecule has 0 unspecified atom stereocenters. The van der Waals surface area contributed by atoms with Crippen LogP contribution in [0.4, 0.5) is 4.79 Å². The number of esters is 1. The molecular formula is C17H19NO6S. The topological polar surface area (TPSA) is 82.1 Å². The normalized spacial score (nSPS) is 17.0. The van der Waals surface area contributed by atoms with Gasteiger partial charge >= 0.3 is 5.97 Å². The molecule has 1 fully saturated rings. The van der Waals surface area contributed by atoms with Gasteiger partial charge in [-0.3, -0.25) is 14.5 Å². The van der Waals surface area contributed by atoms with Gasteiger partial charge in [-0.2, -0.15) is 0 Å². The Balaban J connectivity index is 2.29. The van der Waals surface area contributed by atoms with Crippen molar-refractivity contribution in [3.8, 4) is 11.5 Å². The largest absolute Gasteiger partial charge is 0.493 e. The first-order chi connectivity index (χ1) is 11.9. The highest BCUT2D eigenvalue weighted by molar-refractivity contribution is 8.18. The molecule has 7 nitrogen and oxygen atoms in total. The van der Waals surface area contributed by atoms with Crippen LogP contribution in [0.15, 0.2) is 23.1 Å². The van der Waals surface area contributed by atoms with Gasteiger partial charge in [-0.05, 0) is 49.4 Å². The number of ether oxygens (including phenoxy) is 3. The van der Waals surface area contributed by atoms with Gasteiger partial charge in [-0.15, -0.1) is 0 Å². The van der Waals surface area contributed by atoms with Gasteiger partial charge in [0, 0.05) is 0 Å². The SMILES string of the molecule is CCOc1ccc(/C=C2\SC(=O)N([C@@H](C)C(=O)OC)C2=O)cc1OC. The van der Waals surface area contributed by atoms with E-state index in [1.165, 1.54) is 21.1 Å². The lowest BCUT2D eigenvalue weighted by Crippen LogP contribution is -2.42. The molecule has 1 atom stereocenters. The molecule has 0 saturated carbocycles. The lowest BCUT2D eigenvalue weighted by atomic mass is 10.1. The van der Waals surface area contributed by atoms with Crippen molar-refractivity contribution < 1.29 is 28.6 Å². The first-order valence-corrected chi connectivity index (χ1v) is 8.40. The average molecular weight is 365 g/mol. The quantitative estimate of drug-likeness (QED) is 0.566. The van der Waals surface area contributed by atoms with Gasteiger partial charge in [-0.25, -0.2) is 4.79 Å². The van der Waals surface area contributed by atoms with Crippen molar-refractivity contribution in [3.63, 3.8) is 0 Å². The van der Waals surface area contributed by atoms with E-state index in [1.807, 2.05) is 6.92 Å². The number of methoxy groups -OCH3 is 2. The number of carbonyl (C=O) groups excluding carboxylic acids is 3. The maximum Gasteiger partial charge on any atom is 0.328 e. The van der Waals surface area contributed by atoms with Gasteiger partial charge in [0.15, 0.2) is 11.5 Å². The summed E-state index contributed by atoms with van der Waals surface area (Å²) in [5, 5.41) is -0.507. The zero-order valence-corrected chi connectivity index (χ0v) is 15.2. The van der Waals surface area contributed by atoms with E-state index in [-0.39, 0.29) is 4.91 Å². The summed E-state index contributed by atoms with van der Waals surface area (Å²) in [5.74, 6) is -0.0561. The van der Waals surface area contributed by atoms with Gasteiger partial charge in [0.05, 0.1) is 25.7 Å². The van der Waals surface area contributed by atoms with Crippen LogP contribution in [0.5, 0.6) is 11.5 Å². The Labute approximate surface area is 149 Å². The van der Waals surface area contributed by atoms with Crippen molar-refractivity contribution in [1.29, 1.82) is 0 Å². The van der Waals surface area contributed by atoms with E-state index in [4.69, 9.17) is 9.47 Å². The molecular weight excluding hydrogens is 346 g/mol. The maximum atomic E-state index is 12.5. The highest BCUT2D eigenvalue weighted by Gasteiger charge is 2.41. The molecule has 1 heterocycles. The van der Waals surface area contributed by atoms with Crippen LogP contribution in [0.1, 0.15) is 19.4 Å². The molecule has 2 amide bonds. The van der Waals surface area contributed by atoms with Crippen LogP contribution in [0.3, 0.4) is 0 Å². The van der Waals surface area contributed by atoms with Crippen LogP contribution < -0.4 is 9.47 Å². The molecule has 1 aromatic rings. The minimum Gasteiger partial charge on any atom is -0.493 e. The summed E-state index contributed by atoms with van der Waals surface area (Å²) in [6.45, 7) is 3.82. The van der Waals surface area contributed by atoms with Crippen molar-refractivity contribution in [1.82, 2.24) is 4.90 Å². The number of hydrogen-bond donors (Lipinski definition) is 0. The van der Waals surface area contributed by atoms with Gasteiger partial charge in [0.2, 0.25) is 0 Å². The highest BCUT2D eigenvalue weighted by Crippen LogP contribution is 2.35. The Morgan fingerprint density at radius 3 is 2.60 bits per heavy atom. The maximum absolute atomic E-state index is 12.5. The van der Waals surface area contributed by atoms with E-state index in [2.05, 4.69) is 4.74 Å². The average Bonchev–Trinajstić information content (AvgIpc) is 2.88. The molecule has 1 aliphatic heterocycles. The lowest BCUT2D eigenvalue weighted by molar-refractivity contribution is -0.148. The third-order valence-corrected chi connectivity index (χ3v) is 4.42. The molecule has 8 heteroatoms. The van der Waals surface area contributed by atoms with Crippen LogP contribution >= 0.6 is 11.8 Å². The number of benzene rings is 1. The summed E-state index contributed by atoms with van der Waals surface area (Å²) < 4.78 is 15.3. The predicted octanol–water partition coefficient (Wildman–Crippen LogP) is 2.69. The molecule has 1 saturated heterocycles. The van der Waals surface area contributed by atoms with Crippen LogP contribution in [0, 0.1) is 0 Å². The van der Waals surface area contributed by atoms with Crippen LogP contribution in [-0.4, -0.2) is 48.9 Å². The molecule has 2 rings (SSSR count). The summed E-state index contributed by atoms with van der Waals surface area (Å²) in [6.07, 6.45) is 1.58. The van der Waals surface area contributed by atoms with Crippen molar-refractivity contribution in [3.05, 3.63) is 28.7 Å². The van der Waals surface area contributed by atoms with Gasteiger partial charge < -0.3 is 14.2 Å². The molecule has 1 aromatic carbocycles. The predicted molar refractivity (Wildman–Crippen MR) is 93.5 cm³/mol. The fraction of sp³-hybridized carbons (Fsp3) is 0.353. The first-order valence-electron chi connectivity index (χ1n) is 7.58. The Bertz CT molecular complexity index is 730. The summed E-state index contributed by atoms with van der Waals surface area (Å²) in [7, 11) is 2.73. The van der Waals surface area contributed by atoms with Crippen molar-refractivity contribution >= 4 is 35.0 Å². The molecule has 0 radical (unpaired) electrons. The summed E-state index contributed by atoms with van der Waals surface area (Å²) in [6, 6.07) is 4.22. The van der Waals surface area contributed by atoms with E-state index in [1.54, 1.807) is 24.3 Å². The zero-order chi connectivity index (χ0) is 18.6. The third-order valence-electron chi connectivity index (χ3n) is 3.54. The minimum absolute atomic E-state index is 0.229. The number of hydrogen-bond acceptors (Lipinski definition) is 7. The summed E-state index contributed by atoms with van der Waals surface area (Å²) in [5.41, 5.74) is 0.677. The number of carbonyl (C=O) groups is 3. The van der Waals surface area contributed by atoms with E-state index in [0.29, 0.717) is 23.7 Å². The standard InChI is InChI=1S/C17H19NO6S/c1-5-24-12-7-6-11(8-13(12)22-3)9-14-15(19)18(17(21)25-14)10(2)16(20)23-4/h6-10H,5H2,1-4H3/b14-9-/t10-/m0/s1. The Morgan fingerprint density at radius 2 is 2.00 bits per heavy atom. The molecule has 0 aromatic heterocycles. The smallest absolute Gasteiger partial charge is 0.328 e. The molecule has 0 spiro atoms. The van der Waals surface area contributed by atoms with Crippen molar-refractivity contribution in [2.45, 2.75) is 19.9 Å². The fourth-order valence-electron chi connectivity index (χ4n) is 2.29. The Morgan fingerprint density at radius 1 is 1.28 bits per heavy atom. The van der Waals surface area contributed by atoms with Crippen molar-refractivity contribution in [2.24, 2.45) is 0 Å². The number of rotatable bonds is 6. The third kappa shape index (κ3) is 3.96. The van der Waals surface area contributed by atoms with Crippen LogP contribution in [0.25, 0.3) is 6.08 Å². The molecule has 1 aliphatic rings. The van der Waals surface area contributed by atoms with Gasteiger partial charge in [0.1, 0.15) is 6.04 Å². The molecule has 0 aliphatic carbocycles.